The minimum atomic E-state index is 0.548. The molecule has 1 atom stereocenters. The molecule has 0 amide bonds. The summed E-state index contributed by atoms with van der Waals surface area (Å²) in [6.07, 6.45) is 5.49. The number of likely N-dealkylation sites (tertiary alicyclic amines) is 1. The summed E-state index contributed by atoms with van der Waals surface area (Å²) in [5, 5.41) is 3.58. The number of piperidine rings is 1. The van der Waals surface area contributed by atoms with Gasteiger partial charge in [-0.05, 0) is 44.3 Å². The van der Waals surface area contributed by atoms with Crippen LogP contribution in [-0.4, -0.2) is 50.8 Å². The number of hydrogen-bond donors (Lipinski definition) is 1. The van der Waals surface area contributed by atoms with Crippen LogP contribution in [0.25, 0.3) is 0 Å². The van der Waals surface area contributed by atoms with Crippen molar-refractivity contribution in [1.29, 1.82) is 0 Å². The predicted octanol–water partition coefficient (Wildman–Crippen LogP) is 2.76. The molecule has 0 aliphatic carbocycles. The SMILES string of the molecule is CCCC1CCN(C(CNCC(C)C)COC)CC1. The maximum atomic E-state index is 5.41. The fraction of sp³-hybridized carbons (Fsp3) is 1.00. The van der Waals surface area contributed by atoms with Crippen LogP contribution in [0.2, 0.25) is 0 Å². The quantitative estimate of drug-likeness (QED) is 0.697. The number of rotatable bonds is 9. The Hall–Kier alpha value is -0.120. The summed E-state index contributed by atoms with van der Waals surface area (Å²) in [6, 6.07) is 0.548. The van der Waals surface area contributed by atoms with Crippen LogP contribution in [0.5, 0.6) is 0 Å². The Balaban J connectivity index is 2.31. The summed E-state index contributed by atoms with van der Waals surface area (Å²) in [4.78, 5) is 2.63. The second kappa shape index (κ2) is 9.73. The van der Waals surface area contributed by atoms with Crippen molar-refractivity contribution in [2.24, 2.45) is 11.8 Å². The fourth-order valence-corrected chi connectivity index (χ4v) is 3.04. The van der Waals surface area contributed by atoms with E-state index in [1.807, 2.05) is 7.11 Å². The van der Waals surface area contributed by atoms with Crippen LogP contribution in [0.3, 0.4) is 0 Å². The van der Waals surface area contributed by atoms with Crippen molar-refractivity contribution < 1.29 is 4.74 Å². The highest BCUT2D eigenvalue weighted by atomic mass is 16.5. The standard InChI is InChI=1S/C16H34N2O/c1-5-6-15-7-9-18(10-8-15)16(13-19-4)12-17-11-14(2)3/h14-17H,5-13H2,1-4H3. The van der Waals surface area contributed by atoms with Crippen molar-refractivity contribution in [2.45, 2.75) is 52.5 Å². The van der Waals surface area contributed by atoms with E-state index in [1.165, 1.54) is 38.8 Å². The molecule has 0 aromatic rings. The molecule has 3 nitrogen and oxygen atoms in total. The van der Waals surface area contributed by atoms with Gasteiger partial charge in [0.1, 0.15) is 0 Å². The molecule has 0 saturated carbocycles. The van der Waals surface area contributed by atoms with Crippen LogP contribution >= 0.6 is 0 Å². The van der Waals surface area contributed by atoms with Gasteiger partial charge in [-0.15, -0.1) is 0 Å². The molecule has 0 bridgehead atoms. The molecule has 19 heavy (non-hydrogen) atoms. The average molecular weight is 270 g/mol. The van der Waals surface area contributed by atoms with Crippen molar-refractivity contribution >= 4 is 0 Å². The number of hydrogen-bond acceptors (Lipinski definition) is 3. The van der Waals surface area contributed by atoms with E-state index in [0.29, 0.717) is 6.04 Å². The van der Waals surface area contributed by atoms with Gasteiger partial charge in [-0.2, -0.15) is 0 Å². The highest BCUT2D eigenvalue weighted by Gasteiger charge is 2.24. The first-order chi connectivity index (χ1) is 9.17. The molecule has 114 valence electrons. The predicted molar refractivity (Wildman–Crippen MR) is 82.6 cm³/mol. The lowest BCUT2D eigenvalue weighted by Gasteiger charge is -2.37. The summed E-state index contributed by atoms with van der Waals surface area (Å²) >= 11 is 0. The lowest BCUT2D eigenvalue weighted by atomic mass is 9.92. The molecule has 0 radical (unpaired) electrons. The molecular weight excluding hydrogens is 236 g/mol. The van der Waals surface area contributed by atoms with Gasteiger partial charge < -0.3 is 10.1 Å². The molecule has 1 fully saturated rings. The second-order valence-electron chi connectivity index (χ2n) is 6.43. The van der Waals surface area contributed by atoms with Crippen molar-refractivity contribution in [3.05, 3.63) is 0 Å². The molecular formula is C16H34N2O. The molecule has 1 N–H and O–H groups in total. The van der Waals surface area contributed by atoms with Gasteiger partial charge in [-0.25, -0.2) is 0 Å². The van der Waals surface area contributed by atoms with Crippen LogP contribution in [0, 0.1) is 11.8 Å². The highest BCUT2D eigenvalue weighted by molar-refractivity contribution is 4.80. The average Bonchev–Trinajstić information content (AvgIpc) is 2.39. The van der Waals surface area contributed by atoms with Crippen LogP contribution in [-0.2, 0) is 4.74 Å². The van der Waals surface area contributed by atoms with Gasteiger partial charge in [0.25, 0.3) is 0 Å². The molecule has 1 saturated heterocycles. The third kappa shape index (κ3) is 6.73. The van der Waals surface area contributed by atoms with Gasteiger partial charge in [-0.3, -0.25) is 4.90 Å². The van der Waals surface area contributed by atoms with Crippen molar-refractivity contribution in [2.75, 3.05) is 39.9 Å². The molecule has 0 spiro atoms. The topological polar surface area (TPSA) is 24.5 Å². The van der Waals surface area contributed by atoms with Crippen molar-refractivity contribution in [3.8, 4) is 0 Å². The third-order valence-electron chi connectivity index (χ3n) is 4.15. The zero-order valence-corrected chi connectivity index (χ0v) is 13.5. The van der Waals surface area contributed by atoms with Crippen LogP contribution in [0.4, 0.5) is 0 Å². The van der Waals surface area contributed by atoms with E-state index in [-0.39, 0.29) is 0 Å². The molecule has 1 rings (SSSR count). The summed E-state index contributed by atoms with van der Waals surface area (Å²) in [5.74, 6) is 1.69. The summed E-state index contributed by atoms with van der Waals surface area (Å²) < 4.78 is 5.41. The highest BCUT2D eigenvalue weighted by Crippen LogP contribution is 2.22. The lowest BCUT2D eigenvalue weighted by Crippen LogP contribution is -2.49. The first-order valence-electron chi connectivity index (χ1n) is 8.11. The Morgan fingerprint density at radius 2 is 1.89 bits per heavy atom. The zero-order valence-electron chi connectivity index (χ0n) is 13.5. The maximum absolute atomic E-state index is 5.41. The van der Waals surface area contributed by atoms with E-state index < -0.39 is 0 Å². The minimum Gasteiger partial charge on any atom is -0.383 e. The summed E-state index contributed by atoms with van der Waals surface area (Å²) in [6.45, 7) is 12.3. The normalized spacial score (nSPS) is 20.1. The summed E-state index contributed by atoms with van der Waals surface area (Å²) in [5.41, 5.74) is 0. The monoisotopic (exact) mass is 270 g/mol. The maximum Gasteiger partial charge on any atom is 0.0630 e. The van der Waals surface area contributed by atoms with Crippen molar-refractivity contribution in [3.63, 3.8) is 0 Å². The van der Waals surface area contributed by atoms with Crippen LogP contribution in [0.1, 0.15) is 46.5 Å². The molecule has 1 unspecified atom stereocenters. The fourth-order valence-electron chi connectivity index (χ4n) is 3.04. The second-order valence-corrected chi connectivity index (χ2v) is 6.43. The molecule has 1 heterocycles. The van der Waals surface area contributed by atoms with Gasteiger partial charge in [0.2, 0.25) is 0 Å². The van der Waals surface area contributed by atoms with Crippen molar-refractivity contribution in [1.82, 2.24) is 10.2 Å². The Bertz CT molecular complexity index is 213. The Kier molecular flexibility index (Phi) is 8.67. The number of ether oxygens (including phenoxy) is 1. The largest absolute Gasteiger partial charge is 0.383 e. The van der Waals surface area contributed by atoms with E-state index >= 15 is 0 Å². The number of nitrogens with zero attached hydrogens (tertiary/aromatic N) is 1. The lowest BCUT2D eigenvalue weighted by molar-refractivity contribution is 0.0628. The number of methoxy groups -OCH3 is 1. The molecule has 1 aliphatic heterocycles. The molecule has 3 heteroatoms. The minimum absolute atomic E-state index is 0.548. The first kappa shape index (κ1) is 16.9. The smallest absolute Gasteiger partial charge is 0.0630 e. The third-order valence-corrected chi connectivity index (χ3v) is 4.15. The van der Waals surface area contributed by atoms with Gasteiger partial charge in [0.15, 0.2) is 0 Å². The van der Waals surface area contributed by atoms with Crippen LogP contribution in [0.15, 0.2) is 0 Å². The first-order valence-corrected chi connectivity index (χ1v) is 8.11. The van der Waals surface area contributed by atoms with E-state index in [9.17, 15) is 0 Å². The van der Waals surface area contributed by atoms with Gasteiger partial charge >= 0.3 is 0 Å². The Morgan fingerprint density at radius 1 is 1.21 bits per heavy atom. The van der Waals surface area contributed by atoms with Crippen LogP contribution < -0.4 is 5.32 Å². The molecule has 0 aromatic carbocycles. The van der Waals surface area contributed by atoms with Gasteiger partial charge in [0.05, 0.1) is 6.61 Å². The van der Waals surface area contributed by atoms with E-state index in [0.717, 1.165) is 31.5 Å². The Morgan fingerprint density at radius 3 is 2.42 bits per heavy atom. The van der Waals surface area contributed by atoms with E-state index in [4.69, 9.17) is 4.74 Å². The Labute approximate surface area is 120 Å². The summed E-state index contributed by atoms with van der Waals surface area (Å²) in [7, 11) is 1.82. The van der Waals surface area contributed by atoms with Gasteiger partial charge in [0, 0.05) is 19.7 Å². The van der Waals surface area contributed by atoms with E-state index in [1.54, 1.807) is 0 Å². The molecule has 0 aromatic heterocycles. The number of nitrogens with one attached hydrogen (secondary N) is 1. The van der Waals surface area contributed by atoms with E-state index in [2.05, 4.69) is 31.0 Å². The van der Waals surface area contributed by atoms with Gasteiger partial charge in [-0.1, -0.05) is 33.6 Å². The zero-order chi connectivity index (χ0) is 14.1. The molecule has 1 aliphatic rings.